The predicted octanol–water partition coefficient (Wildman–Crippen LogP) is 2.65. The molecule has 0 heterocycles. The van der Waals surface area contributed by atoms with Crippen LogP contribution in [0.4, 0.5) is 0 Å². The molecule has 0 spiro atoms. The minimum atomic E-state index is 0.780. The fraction of sp³-hybridized carbons (Fsp3) is 0.300. The van der Waals surface area contributed by atoms with Crippen molar-refractivity contribution in [2.24, 2.45) is 0 Å². The summed E-state index contributed by atoms with van der Waals surface area (Å²) >= 11 is 0. The third kappa shape index (κ3) is 5.34. The molecule has 0 bridgehead atoms. The normalized spacial score (nSPS) is 10.8. The maximum atomic E-state index is 10.1. The lowest BCUT2D eigenvalue weighted by molar-refractivity contribution is -0.104. The van der Waals surface area contributed by atoms with Gasteiger partial charge in [0.25, 0.3) is 0 Å². The number of hydrogen-bond donors (Lipinski definition) is 0. The van der Waals surface area contributed by atoms with Crippen LogP contribution in [0.1, 0.15) is 19.8 Å². The van der Waals surface area contributed by atoms with E-state index in [1.54, 1.807) is 13.0 Å². The van der Waals surface area contributed by atoms with Crippen molar-refractivity contribution in [2.75, 3.05) is 0 Å². The highest BCUT2D eigenvalue weighted by molar-refractivity contribution is 5.71. The van der Waals surface area contributed by atoms with Gasteiger partial charge in [-0.05, 0) is 25.3 Å². The molecule has 0 aromatic carbocycles. The summed E-state index contributed by atoms with van der Waals surface area (Å²) in [7, 11) is 0. The molecule has 0 aliphatic carbocycles. The molecule has 0 fully saturated rings. The molecule has 60 valence electrons. The van der Waals surface area contributed by atoms with Crippen molar-refractivity contribution in [1.29, 1.82) is 0 Å². The second-order valence-electron chi connectivity index (χ2n) is 2.47. The first-order chi connectivity index (χ1) is 5.20. The Hall–Kier alpha value is -1.11. The fourth-order valence-corrected chi connectivity index (χ4v) is 0.635. The topological polar surface area (TPSA) is 17.1 Å². The van der Waals surface area contributed by atoms with Crippen LogP contribution in [0.15, 0.2) is 36.5 Å². The Balaban J connectivity index is 3.64. The lowest BCUT2D eigenvalue weighted by atomic mass is 10.1. The van der Waals surface area contributed by atoms with Crippen LogP contribution in [0.5, 0.6) is 0 Å². The minimum absolute atomic E-state index is 0.780. The van der Waals surface area contributed by atoms with Gasteiger partial charge in [0, 0.05) is 0 Å². The zero-order chi connectivity index (χ0) is 8.69. The summed E-state index contributed by atoms with van der Waals surface area (Å²) < 4.78 is 0. The molecule has 0 saturated carbocycles. The van der Waals surface area contributed by atoms with Gasteiger partial charge in [0.1, 0.15) is 6.29 Å². The van der Waals surface area contributed by atoms with Gasteiger partial charge in [0.05, 0.1) is 0 Å². The quantitative estimate of drug-likeness (QED) is 0.334. The van der Waals surface area contributed by atoms with Crippen molar-refractivity contribution in [2.45, 2.75) is 19.8 Å². The van der Waals surface area contributed by atoms with Crippen LogP contribution in [0.25, 0.3) is 0 Å². The number of allylic oxidation sites excluding steroid dienone is 4. The molecule has 0 radical (unpaired) electrons. The van der Waals surface area contributed by atoms with Crippen LogP contribution in [-0.2, 0) is 4.79 Å². The molecule has 0 rings (SSSR count). The lowest BCUT2D eigenvalue weighted by Gasteiger charge is -1.94. The van der Waals surface area contributed by atoms with E-state index in [9.17, 15) is 4.79 Å². The third-order valence-electron chi connectivity index (χ3n) is 1.41. The minimum Gasteiger partial charge on any atom is -0.298 e. The number of hydrogen-bond acceptors (Lipinski definition) is 1. The Morgan fingerprint density at radius 1 is 1.55 bits per heavy atom. The molecule has 0 atom stereocenters. The average molecular weight is 150 g/mol. The van der Waals surface area contributed by atoms with Gasteiger partial charge in [-0.2, -0.15) is 0 Å². The molecule has 11 heavy (non-hydrogen) atoms. The summed E-state index contributed by atoms with van der Waals surface area (Å²) in [4.78, 5) is 10.1. The number of rotatable bonds is 5. The van der Waals surface area contributed by atoms with E-state index in [4.69, 9.17) is 0 Å². The average Bonchev–Trinajstić information content (AvgIpc) is 2.04. The maximum Gasteiger partial charge on any atom is 0.145 e. The lowest BCUT2D eigenvalue weighted by Crippen LogP contribution is -1.78. The summed E-state index contributed by atoms with van der Waals surface area (Å²) in [5.41, 5.74) is 1.79. The molecule has 0 saturated heterocycles. The van der Waals surface area contributed by atoms with Crippen molar-refractivity contribution in [3.63, 3.8) is 0 Å². The predicted molar refractivity (Wildman–Crippen MR) is 48.4 cm³/mol. The van der Waals surface area contributed by atoms with E-state index >= 15 is 0 Å². The maximum absolute atomic E-state index is 10.1. The van der Waals surface area contributed by atoms with Crippen LogP contribution in [0.2, 0.25) is 0 Å². The summed E-state index contributed by atoms with van der Waals surface area (Å²) in [5, 5.41) is 0. The molecule has 0 aliphatic heterocycles. The zero-order valence-corrected chi connectivity index (χ0v) is 6.97. The van der Waals surface area contributed by atoms with Crippen LogP contribution < -0.4 is 0 Å². The Kier molecular flexibility index (Phi) is 5.09. The molecule has 0 aliphatic rings. The third-order valence-corrected chi connectivity index (χ3v) is 1.41. The summed E-state index contributed by atoms with van der Waals surface area (Å²) in [6.45, 7) is 9.14. The molecule has 1 heteroatoms. The number of carbonyl (C=O) groups excluding carboxylic acids is 1. The van der Waals surface area contributed by atoms with Gasteiger partial charge in [-0.25, -0.2) is 0 Å². The molecule has 0 N–H and O–H groups in total. The van der Waals surface area contributed by atoms with Crippen LogP contribution in [0, 0.1) is 0 Å². The van der Waals surface area contributed by atoms with E-state index in [2.05, 4.69) is 13.2 Å². The van der Waals surface area contributed by atoms with E-state index < -0.39 is 0 Å². The van der Waals surface area contributed by atoms with Gasteiger partial charge in [-0.15, -0.1) is 0 Å². The van der Waals surface area contributed by atoms with Gasteiger partial charge in [-0.3, -0.25) is 4.79 Å². The van der Waals surface area contributed by atoms with Crippen molar-refractivity contribution < 1.29 is 4.79 Å². The van der Waals surface area contributed by atoms with Crippen LogP contribution >= 0.6 is 0 Å². The second kappa shape index (κ2) is 5.66. The smallest absolute Gasteiger partial charge is 0.145 e. The molecular weight excluding hydrogens is 136 g/mol. The Bertz CT molecular complexity index is 187. The zero-order valence-electron chi connectivity index (χ0n) is 6.97. The molecule has 0 amide bonds. The molecule has 1 nitrogen and oxygen atoms in total. The van der Waals surface area contributed by atoms with Gasteiger partial charge >= 0.3 is 0 Å². The van der Waals surface area contributed by atoms with E-state index in [0.29, 0.717) is 0 Å². The van der Waals surface area contributed by atoms with E-state index in [1.807, 2.05) is 6.08 Å². The van der Waals surface area contributed by atoms with Gasteiger partial charge in [-0.1, -0.05) is 30.9 Å². The van der Waals surface area contributed by atoms with E-state index in [1.165, 1.54) is 0 Å². The highest BCUT2D eigenvalue weighted by Crippen LogP contribution is 2.04. The van der Waals surface area contributed by atoms with Gasteiger partial charge in [0.15, 0.2) is 0 Å². The van der Waals surface area contributed by atoms with Crippen LogP contribution in [0.3, 0.4) is 0 Å². The SMILES string of the molecule is C=CC(=C)CCC=C(C)C=O. The van der Waals surface area contributed by atoms with Crippen molar-refractivity contribution in [3.8, 4) is 0 Å². The first-order valence-corrected chi connectivity index (χ1v) is 3.63. The highest BCUT2D eigenvalue weighted by Gasteiger charge is 1.87. The molecule has 0 unspecified atom stereocenters. The van der Waals surface area contributed by atoms with Crippen molar-refractivity contribution >= 4 is 6.29 Å². The highest BCUT2D eigenvalue weighted by atomic mass is 16.1. The van der Waals surface area contributed by atoms with Crippen molar-refractivity contribution in [3.05, 3.63) is 36.5 Å². The first kappa shape index (κ1) is 9.89. The first-order valence-electron chi connectivity index (χ1n) is 3.63. The van der Waals surface area contributed by atoms with Gasteiger partial charge < -0.3 is 0 Å². The standard InChI is InChI=1S/C10H14O/c1-4-9(2)6-5-7-10(3)8-11/h4,7-8H,1-2,5-6H2,3H3. The van der Waals surface area contributed by atoms with Crippen molar-refractivity contribution in [1.82, 2.24) is 0 Å². The van der Waals surface area contributed by atoms with E-state index in [0.717, 1.165) is 30.3 Å². The Morgan fingerprint density at radius 2 is 2.18 bits per heavy atom. The molecular formula is C10H14O. The summed E-state index contributed by atoms with van der Waals surface area (Å²) in [6, 6.07) is 0. The second-order valence-corrected chi connectivity index (χ2v) is 2.47. The Morgan fingerprint density at radius 3 is 2.64 bits per heavy atom. The van der Waals surface area contributed by atoms with Gasteiger partial charge in [0.2, 0.25) is 0 Å². The molecule has 0 aromatic heterocycles. The van der Waals surface area contributed by atoms with E-state index in [-0.39, 0.29) is 0 Å². The summed E-state index contributed by atoms with van der Waals surface area (Å²) in [5.74, 6) is 0. The van der Waals surface area contributed by atoms with Crippen LogP contribution in [-0.4, -0.2) is 6.29 Å². The Labute approximate surface area is 68.1 Å². The fourth-order valence-electron chi connectivity index (χ4n) is 0.635. The number of carbonyl (C=O) groups is 1. The summed E-state index contributed by atoms with van der Waals surface area (Å²) in [6.07, 6.45) is 6.26. The molecule has 0 aromatic rings. The largest absolute Gasteiger partial charge is 0.298 e. The number of aldehydes is 1. The monoisotopic (exact) mass is 150 g/mol.